The molecule has 5 nitrogen and oxygen atoms in total. The lowest BCUT2D eigenvalue weighted by atomic mass is 9.92. The molecule has 0 aromatic heterocycles. The highest BCUT2D eigenvalue weighted by Gasteiger charge is 2.41. The van der Waals surface area contributed by atoms with E-state index in [9.17, 15) is 14.4 Å². The monoisotopic (exact) mass is 319 g/mol. The van der Waals surface area contributed by atoms with E-state index in [1.54, 1.807) is 23.5 Å². The van der Waals surface area contributed by atoms with Crippen LogP contribution >= 0.6 is 23.5 Å². The maximum Gasteiger partial charge on any atom is 0.302 e. The molecule has 1 rings (SSSR count). The number of rotatable bonds is 5. The van der Waals surface area contributed by atoms with Gasteiger partial charge in [-0.2, -0.15) is 0 Å². The van der Waals surface area contributed by atoms with Crippen molar-refractivity contribution in [3.63, 3.8) is 0 Å². The van der Waals surface area contributed by atoms with E-state index in [-0.39, 0.29) is 16.4 Å². The summed E-state index contributed by atoms with van der Waals surface area (Å²) in [7, 11) is 0. The van der Waals surface area contributed by atoms with Crippen molar-refractivity contribution in [2.75, 3.05) is 19.1 Å². The molecule has 0 aromatic carbocycles. The van der Waals surface area contributed by atoms with E-state index >= 15 is 0 Å². The molecule has 0 N–H and O–H groups in total. The predicted octanol–water partition coefficient (Wildman–Crippen LogP) is 1.76. The summed E-state index contributed by atoms with van der Waals surface area (Å²) in [5, 5.41) is 0. The van der Waals surface area contributed by atoms with Gasteiger partial charge in [0.2, 0.25) is 11.8 Å². The van der Waals surface area contributed by atoms with Crippen LogP contribution in [0, 0.1) is 5.92 Å². The van der Waals surface area contributed by atoms with Gasteiger partial charge in [-0.25, -0.2) is 0 Å². The van der Waals surface area contributed by atoms with Gasteiger partial charge in [-0.05, 0) is 25.4 Å². The molecule has 0 aromatic rings. The third kappa shape index (κ3) is 4.15. The molecule has 114 valence electrons. The molecule has 0 saturated carbocycles. The molecule has 1 aliphatic heterocycles. The summed E-state index contributed by atoms with van der Waals surface area (Å²) in [5.74, 6) is -1.29. The van der Waals surface area contributed by atoms with Crippen molar-refractivity contribution >= 4 is 41.3 Å². The number of thioether (sulfide) groups is 2. The molecule has 20 heavy (non-hydrogen) atoms. The topological polar surface area (TPSA) is 63.7 Å². The van der Waals surface area contributed by atoms with Crippen LogP contribution in [-0.4, -0.2) is 52.4 Å². The standard InChI is InChI=1S/C13H21NO4S2/c1-8(15)14-7-5-6-10(12(14)17)11(18-9(2)16)13(19-3)20-4/h10-11,13H,5-7H2,1-4H3. The number of carbonyl (C=O) groups excluding carboxylic acids is 3. The Bertz CT molecular complexity index is 385. The number of ether oxygens (including phenoxy) is 1. The van der Waals surface area contributed by atoms with E-state index in [2.05, 4.69) is 0 Å². The predicted molar refractivity (Wildman–Crippen MR) is 81.5 cm³/mol. The molecule has 1 heterocycles. The lowest BCUT2D eigenvalue weighted by molar-refractivity contribution is -0.158. The fourth-order valence-corrected chi connectivity index (χ4v) is 4.20. The van der Waals surface area contributed by atoms with Gasteiger partial charge in [0.1, 0.15) is 6.10 Å². The van der Waals surface area contributed by atoms with Crippen LogP contribution in [0.5, 0.6) is 0 Å². The number of imide groups is 1. The third-order valence-corrected chi connectivity index (χ3v) is 5.91. The Morgan fingerprint density at radius 1 is 1.30 bits per heavy atom. The van der Waals surface area contributed by atoms with Gasteiger partial charge >= 0.3 is 5.97 Å². The molecular formula is C13H21NO4S2. The number of likely N-dealkylation sites (tertiary alicyclic amines) is 1. The van der Waals surface area contributed by atoms with Crippen LogP contribution in [0.15, 0.2) is 0 Å². The van der Waals surface area contributed by atoms with E-state index in [0.29, 0.717) is 13.0 Å². The smallest absolute Gasteiger partial charge is 0.302 e. The molecule has 0 radical (unpaired) electrons. The van der Waals surface area contributed by atoms with Gasteiger partial charge < -0.3 is 4.74 Å². The van der Waals surface area contributed by atoms with Crippen molar-refractivity contribution in [3.05, 3.63) is 0 Å². The number of esters is 1. The van der Waals surface area contributed by atoms with Crippen LogP contribution < -0.4 is 0 Å². The Kier molecular flexibility index (Phi) is 6.88. The van der Waals surface area contributed by atoms with Crippen LogP contribution in [-0.2, 0) is 19.1 Å². The van der Waals surface area contributed by atoms with E-state index < -0.39 is 18.0 Å². The summed E-state index contributed by atoms with van der Waals surface area (Å²) < 4.78 is 5.38. The first-order chi connectivity index (χ1) is 9.42. The van der Waals surface area contributed by atoms with Gasteiger partial charge in [-0.15, -0.1) is 23.5 Å². The summed E-state index contributed by atoms with van der Waals surface area (Å²) in [4.78, 5) is 36.5. The van der Waals surface area contributed by atoms with Crippen molar-refractivity contribution in [3.8, 4) is 0 Å². The summed E-state index contributed by atoms with van der Waals surface area (Å²) >= 11 is 3.11. The molecule has 1 aliphatic rings. The van der Waals surface area contributed by atoms with Crippen LogP contribution in [0.4, 0.5) is 0 Å². The Labute approximate surface area is 128 Å². The summed E-state index contributed by atoms with van der Waals surface area (Å²) in [6.45, 7) is 3.20. The second kappa shape index (κ2) is 7.93. The zero-order valence-electron chi connectivity index (χ0n) is 12.3. The zero-order chi connectivity index (χ0) is 15.3. The number of carbonyl (C=O) groups is 3. The van der Waals surface area contributed by atoms with Crippen molar-refractivity contribution in [2.24, 2.45) is 5.92 Å². The van der Waals surface area contributed by atoms with Gasteiger partial charge in [-0.1, -0.05) is 0 Å². The second-order valence-corrected chi connectivity index (χ2v) is 6.93. The minimum atomic E-state index is -0.493. The lowest BCUT2D eigenvalue weighted by Crippen LogP contribution is -2.50. The number of hydrogen-bond acceptors (Lipinski definition) is 6. The van der Waals surface area contributed by atoms with Gasteiger partial charge in [0.05, 0.1) is 10.5 Å². The molecule has 2 atom stereocenters. The van der Waals surface area contributed by atoms with E-state index in [0.717, 1.165) is 6.42 Å². The van der Waals surface area contributed by atoms with E-state index in [1.165, 1.54) is 18.7 Å². The first-order valence-electron chi connectivity index (χ1n) is 6.47. The fraction of sp³-hybridized carbons (Fsp3) is 0.769. The van der Waals surface area contributed by atoms with Crippen molar-refractivity contribution in [2.45, 2.75) is 37.4 Å². The van der Waals surface area contributed by atoms with Gasteiger partial charge in [-0.3, -0.25) is 19.3 Å². The quantitative estimate of drug-likeness (QED) is 0.568. The number of nitrogens with zero attached hydrogens (tertiary/aromatic N) is 1. The first-order valence-corrected chi connectivity index (χ1v) is 9.04. The summed E-state index contributed by atoms with van der Waals surface area (Å²) in [6, 6.07) is 0. The first kappa shape index (κ1) is 17.4. The Morgan fingerprint density at radius 3 is 2.35 bits per heavy atom. The molecule has 2 unspecified atom stereocenters. The Balaban J connectivity index is 2.96. The van der Waals surface area contributed by atoms with Crippen LogP contribution in [0.3, 0.4) is 0 Å². The molecule has 0 bridgehead atoms. The minimum absolute atomic E-state index is 0.0141. The Hall–Kier alpha value is -0.690. The second-order valence-electron chi connectivity index (χ2n) is 4.67. The van der Waals surface area contributed by atoms with Crippen molar-refractivity contribution < 1.29 is 19.1 Å². The van der Waals surface area contributed by atoms with Crippen molar-refractivity contribution in [1.29, 1.82) is 0 Å². The fourth-order valence-electron chi connectivity index (χ4n) is 2.40. The number of amides is 2. The van der Waals surface area contributed by atoms with Gasteiger partial charge in [0.15, 0.2) is 0 Å². The Morgan fingerprint density at radius 2 is 1.90 bits per heavy atom. The molecule has 2 amide bonds. The van der Waals surface area contributed by atoms with Gasteiger partial charge in [0.25, 0.3) is 0 Å². The maximum atomic E-state index is 12.4. The zero-order valence-corrected chi connectivity index (χ0v) is 13.9. The maximum absolute atomic E-state index is 12.4. The largest absolute Gasteiger partial charge is 0.460 e. The average Bonchev–Trinajstić information content (AvgIpc) is 2.38. The molecule has 1 fully saturated rings. The number of piperidine rings is 1. The molecular weight excluding hydrogens is 298 g/mol. The van der Waals surface area contributed by atoms with E-state index in [1.807, 2.05) is 12.5 Å². The molecule has 0 spiro atoms. The molecule has 7 heteroatoms. The van der Waals surface area contributed by atoms with Crippen LogP contribution in [0.25, 0.3) is 0 Å². The average molecular weight is 319 g/mol. The van der Waals surface area contributed by atoms with Crippen LogP contribution in [0.2, 0.25) is 0 Å². The number of hydrogen-bond donors (Lipinski definition) is 0. The lowest BCUT2D eigenvalue weighted by Gasteiger charge is -2.36. The molecule has 0 aliphatic carbocycles. The molecule has 1 saturated heterocycles. The van der Waals surface area contributed by atoms with Crippen LogP contribution in [0.1, 0.15) is 26.7 Å². The summed E-state index contributed by atoms with van der Waals surface area (Å²) in [6.07, 6.45) is 4.76. The van der Waals surface area contributed by atoms with E-state index in [4.69, 9.17) is 4.74 Å². The highest BCUT2D eigenvalue weighted by Crippen LogP contribution is 2.34. The summed E-state index contributed by atoms with van der Waals surface area (Å²) in [5.41, 5.74) is 0. The highest BCUT2D eigenvalue weighted by molar-refractivity contribution is 8.16. The highest BCUT2D eigenvalue weighted by atomic mass is 32.2. The SMILES string of the molecule is CSC(SC)C(OC(C)=O)C1CCCN(C(C)=O)C1=O. The normalized spacial score (nSPS) is 20.9. The minimum Gasteiger partial charge on any atom is -0.460 e. The third-order valence-electron chi connectivity index (χ3n) is 3.29. The van der Waals surface area contributed by atoms with Gasteiger partial charge in [0, 0.05) is 20.4 Å². The van der Waals surface area contributed by atoms with Crippen molar-refractivity contribution in [1.82, 2.24) is 4.90 Å².